The zero-order valence-corrected chi connectivity index (χ0v) is 19.4. The molecule has 1 aliphatic heterocycles. The zero-order valence-electron chi connectivity index (χ0n) is 19.4. The summed E-state index contributed by atoms with van der Waals surface area (Å²) in [6.07, 6.45) is 0.240. The molecule has 0 bridgehead atoms. The molecule has 0 aliphatic carbocycles. The van der Waals surface area contributed by atoms with Gasteiger partial charge in [-0.25, -0.2) is 9.97 Å². The van der Waals surface area contributed by atoms with Crippen molar-refractivity contribution in [1.29, 1.82) is 0 Å². The maximum atomic E-state index is 12.8. The second-order valence-corrected chi connectivity index (χ2v) is 9.32. The lowest BCUT2D eigenvalue weighted by Gasteiger charge is -2.31. The molecule has 170 valence electrons. The van der Waals surface area contributed by atoms with Gasteiger partial charge in [0.2, 0.25) is 11.8 Å². The first-order valence-corrected chi connectivity index (χ1v) is 11.1. The van der Waals surface area contributed by atoms with Crippen molar-refractivity contribution in [3.8, 4) is 11.3 Å². The number of anilines is 3. The van der Waals surface area contributed by atoms with Crippen LogP contribution in [0.1, 0.15) is 33.0 Å². The Bertz CT molecular complexity index is 1170. The molecule has 1 unspecified atom stereocenters. The van der Waals surface area contributed by atoms with E-state index in [4.69, 9.17) is 0 Å². The lowest BCUT2D eigenvalue weighted by Crippen LogP contribution is -2.42. The first-order chi connectivity index (χ1) is 15.7. The van der Waals surface area contributed by atoms with Crippen molar-refractivity contribution in [3.05, 3.63) is 66.5 Å². The minimum absolute atomic E-state index is 0.0198. The van der Waals surface area contributed by atoms with Crippen LogP contribution in [0.15, 0.2) is 60.7 Å². The predicted molar refractivity (Wildman–Crippen MR) is 130 cm³/mol. The number of hydrogen-bond acceptors (Lipinski definition) is 5. The van der Waals surface area contributed by atoms with Crippen LogP contribution in [0.3, 0.4) is 0 Å². The fourth-order valence-corrected chi connectivity index (χ4v) is 3.99. The molecule has 4 rings (SSSR count). The van der Waals surface area contributed by atoms with Crippen molar-refractivity contribution in [2.75, 3.05) is 17.2 Å². The van der Waals surface area contributed by atoms with Crippen LogP contribution >= 0.6 is 0 Å². The number of amides is 2. The molecule has 1 atom stereocenters. The van der Waals surface area contributed by atoms with Gasteiger partial charge in [0.1, 0.15) is 11.6 Å². The van der Waals surface area contributed by atoms with Gasteiger partial charge in [-0.2, -0.15) is 0 Å². The number of hydrogen-bond donors (Lipinski definition) is 2. The van der Waals surface area contributed by atoms with E-state index < -0.39 is 0 Å². The van der Waals surface area contributed by atoms with Gasteiger partial charge in [-0.05, 0) is 45.9 Å². The van der Waals surface area contributed by atoms with Crippen LogP contribution in [0, 0.1) is 12.8 Å². The third-order valence-corrected chi connectivity index (χ3v) is 5.62. The number of carbonyl (C=O) groups excluding carboxylic acids is 2. The van der Waals surface area contributed by atoms with Crippen LogP contribution in [-0.2, 0) is 9.59 Å². The van der Waals surface area contributed by atoms with Crippen LogP contribution in [0.2, 0.25) is 0 Å². The highest BCUT2D eigenvalue weighted by Crippen LogP contribution is 2.28. The van der Waals surface area contributed by atoms with Crippen molar-refractivity contribution in [2.24, 2.45) is 5.92 Å². The van der Waals surface area contributed by atoms with Gasteiger partial charge in [0.05, 0.1) is 11.6 Å². The van der Waals surface area contributed by atoms with Crippen molar-refractivity contribution < 1.29 is 9.59 Å². The summed E-state index contributed by atoms with van der Waals surface area (Å²) >= 11 is 0. The Morgan fingerprint density at radius 2 is 1.73 bits per heavy atom. The van der Waals surface area contributed by atoms with E-state index in [2.05, 4.69) is 20.6 Å². The van der Waals surface area contributed by atoms with Crippen molar-refractivity contribution in [1.82, 2.24) is 14.9 Å². The van der Waals surface area contributed by atoms with Gasteiger partial charge >= 0.3 is 0 Å². The summed E-state index contributed by atoms with van der Waals surface area (Å²) in [6, 6.07) is 19.3. The van der Waals surface area contributed by atoms with Crippen LogP contribution in [0.5, 0.6) is 0 Å². The Morgan fingerprint density at radius 3 is 2.42 bits per heavy atom. The SMILES string of the molecule is Cc1nc(Nc2cccc(NC(=O)C3CC(=O)N(C(C)(C)C)C3)c2)cc(-c2ccccc2)n1. The van der Waals surface area contributed by atoms with E-state index in [1.165, 1.54) is 0 Å². The van der Waals surface area contributed by atoms with E-state index in [1.807, 2.05) is 88.4 Å². The first-order valence-electron chi connectivity index (χ1n) is 11.1. The minimum Gasteiger partial charge on any atom is -0.340 e. The van der Waals surface area contributed by atoms with E-state index in [0.29, 0.717) is 23.9 Å². The van der Waals surface area contributed by atoms with E-state index in [-0.39, 0.29) is 29.7 Å². The molecule has 0 saturated carbocycles. The average molecular weight is 444 g/mol. The molecule has 33 heavy (non-hydrogen) atoms. The second kappa shape index (κ2) is 9.02. The standard InChI is InChI=1S/C26H29N5O2/c1-17-27-22(18-9-6-5-7-10-18)15-23(28-17)29-20-11-8-12-21(14-20)30-25(33)19-13-24(32)31(16-19)26(2,3)4/h5-12,14-15,19H,13,16H2,1-4H3,(H,30,33)(H,27,28,29). The number of aromatic nitrogens is 2. The van der Waals surface area contributed by atoms with Gasteiger partial charge in [-0.15, -0.1) is 0 Å². The number of likely N-dealkylation sites (tertiary alicyclic amines) is 1. The molecule has 1 aromatic heterocycles. The minimum atomic E-state index is -0.355. The van der Waals surface area contributed by atoms with Crippen molar-refractivity contribution >= 4 is 29.0 Å². The molecule has 7 heteroatoms. The summed E-state index contributed by atoms with van der Waals surface area (Å²) in [7, 11) is 0. The van der Waals surface area contributed by atoms with Crippen LogP contribution in [0.25, 0.3) is 11.3 Å². The van der Waals surface area contributed by atoms with Crippen LogP contribution in [-0.4, -0.2) is 38.8 Å². The Labute approximate surface area is 194 Å². The monoisotopic (exact) mass is 443 g/mol. The molecule has 2 amide bonds. The quantitative estimate of drug-likeness (QED) is 0.593. The predicted octanol–water partition coefficient (Wildman–Crippen LogP) is 4.78. The maximum Gasteiger partial charge on any atom is 0.229 e. The van der Waals surface area contributed by atoms with Crippen LogP contribution < -0.4 is 10.6 Å². The number of nitrogens with one attached hydrogen (secondary N) is 2. The molecule has 2 heterocycles. The summed E-state index contributed by atoms with van der Waals surface area (Å²) in [5.74, 6) is 0.860. The van der Waals surface area contributed by atoms with E-state index in [1.54, 1.807) is 4.90 Å². The fourth-order valence-electron chi connectivity index (χ4n) is 3.99. The summed E-state index contributed by atoms with van der Waals surface area (Å²) in [5, 5.41) is 6.27. The molecule has 2 aromatic carbocycles. The normalized spacial score (nSPS) is 16.1. The smallest absolute Gasteiger partial charge is 0.229 e. The fraction of sp³-hybridized carbons (Fsp3) is 0.308. The maximum absolute atomic E-state index is 12.8. The summed E-state index contributed by atoms with van der Waals surface area (Å²) in [5.41, 5.74) is 3.03. The molecule has 2 N–H and O–H groups in total. The lowest BCUT2D eigenvalue weighted by atomic mass is 10.1. The van der Waals surface area contributed by atoms with Gasteiger partial charge in [0.15, 0.2) is 0 Å². The summed E-state index contributed by atoms with van der Waals surface area (Å²) < 4.78 is 0. The van der Waals surface area contributed by atoms with E-state index in [9.17, 15) is 9.59 Å². The molecule has 0 spiro atoms. The number of aryl methyl sites for hydroxylation is 1. The third kappa shape index (κ3) is 5.37. The van der Waals surface area contributed by atoms with Gasteiger partial charge in [0.25, 0.3) is 0 Å². The number of nitrogens with zero attached hydrogens (tertiary/aromatic N) is 3. The zero-order chi connectivity index (χ0) is 23.6. The first kappa shape index (κ1) is 22.5. The molecule has 1 aliphatic rings. The Hall–Kier alpha value is -3.74. The van der Waals surface area contributed by atoms with E-state index >= 15 is 0 Å². The van der Waals surface area contributed by atoms with Crippen molar-refractivity contribution in [3.63, 3.8) is 0 Å². The topological polar surface area (TPSA) is 87.2 Å². The Balaban J connectivity index is 1.46. The number of benzene rings is 2. The number of rotatable bonds is 5. The largest absolute Gasteiger partial charge is 0.340 e. The molecular formula is C26H29N5O2. The van der Waals surface area contributed by atoms with Gasteiger partial charge in [-0.3, -0.25) is 9.59 Å². The van der Waals surface area contributed by atoms with Crippen molar-refractivity contribution in [2.45, 2.75) is 39.7 Å². The van der Waals surface area contributed by atoms with Crippen LogP contribution in [0.4, 0.5) is 17.2 Å². The average Bonchev–Trinajstić information content (AvgIpc) is 3.17. The number of carbonyl (C=O) groups is 2. The highest BCUT2D eigenvalue weighted by atomic mass is 16.2. The van der Waals surface area contributed by atoms with E-state index in [0.717, 1.165) is 16.9 Å². The Morgan fingerprint density at radius 1 is 1.00 bits per heavy atom. The molecule has 1 fully saturated rings. The molecule has 7 nitrogen and oxygen atoms in total. The molecule has 3 aromatic rings. The second-order valence-electron chi connectivity index (χ2n) is 9.32. The highest BCUT2D eigenvalue weighted by molar-refractivity contribution is 5.97. The van der Waals surface area contributed by atoms with Gasteiger partial charge in [-0.1, -0.05) is 36.4 Å². The molecular weight excluding hydrogens is 414 g/mol. The third-order valence-electron chi connectivity index (χ3n) is 5.62. The van der Waals surface area contributed by atoms with Gasteiger partial charge in [0, 0.05) is 41.5 Å². The summed E-state index contributed by atoms with van der Waals surface area (Å²) in [6.45, 7) is 8.25. The molecule has 0 radical (unpaired) electrons. The van der Waals surface area contributed by atoms with Gasteiger partial charge < -0.3 is 15.5 Å². The highest BCUT2D eigenvalue weighted by Gasteiger charge is 2.39. The molecule has 1 saturated heterocycles. The summed E-state index contributed by atoms with van der Waals surface area (Å²) in [4.78, 5) is 36.0. The Kier molecular flexibility index (Phi) is 6.14. The lowest BCUT2D eigenvalue weighted by molar-refractivity contribution is -0.131.